The predicted octanol–water partition coefficient (Wildman–Crippen LogP) is 1.63. The first-order valence-corrected chi connectivity index (χ1v) is 6.65. The Labute approximate surface area is 98.6 Å². The Balaban J connectivity index is 1.99. The van der Waals surface area contributed by atoms with Crippen molar-refractivity contribution in [2.45, 2.75) is 52.1 Å². The van der Waals surface area contributed by atoms with Gasteiger partial charge in [0.25, 0.3) is 0 Å². The van der Waals surface area contributed by atoms with Crippen molar-refractivity contribution in [2.24, 2.45) is 11.8 Å². The number of carbonyl (C=O) groups excluding carboxylic acids is 1. The van der Waals surface area contributed by atoms with E-state index in [1.54, 1.807) is 0 Å². The normalized spacial score (nSPS) is 35.2. The number of nitrogens with zero attached hydrogens (tertiary/aromatic N) is 1. The number of fused-ring (bicyclic) bond motifs is 1. The summed E-state index contributed by atoms with van der Waals surface area (Å²) < 4.78 is 0. The Bertz CT molecular complexity index is 267. The summed E-state index contributed by atoms with van der Waals surface area (Å²) in [6, 6.07) is 0.931. The Hall–Kier alpha value is -0.570. The van der Waals surface area contributed by atoms with E-state index < -0.39 is 0 Å². The maximum absolute atomic E-state index is 12.3. The second kappa shape index (κ2) is 4.74. The van der Waals surface area contributed by atoms with Crippen molar-refractivity contribution in [3.8, 4) is 0 Å². The summed E-state index contributed by atoms with van der Waals surface area (Å²) in [6.45, 7) is 8.63. The van der Waals surface area contributed by atoms with Crippen LogP contribution < -0.4 is 5.32 Å². The lowest BCUT2D eigenvalue weighted by Gasteiger charge is -2.28. The molecule has 0 aromatic heterocycles. The molecule has 2 aliphatic heterocycles. The molecule has 0 saturated carbocycles. The summed E-state index contributed by atoms with van der Waals surface area (Å²) in [4.78, 5) is 14.4. The van der Waals surface area contributed by atoms with Gasteiger partial charge >= 0.3 is 0 Å². The summed E-state index contributed by atoms with van der Waals surface area (Å²) >= 11 is 0. The van der Waals surface area contributed by atoms with Crippen LogP contribution in [0.15, 0.2) is 0 Å². The average molecular weight is 224 g/mol. The van der Waals surface area contributed by atoms with Crippen molar-refractivity contribution in [1.29, 1.82) is 0 Å². The van der Waals surface area contributed by atoms with E-state index in [0.717, 1.165) is 25.9 Å². The van der Waals surface area contributed by atoms with Crippen molar-refractivity contribution >= 4 is 5.91 Å². The molecule has 3 nitrogen and oxygen atoms in total. The van der Waals surface area contributed by atoms with Gasteiger partial charge in [-0.1, -0.05) is 20.3 Å². The fraction of sp³-hybridized carbons (Fsp3) is 0.923. The predicted molar refractivity (Wildman–Crippen MR) is 65.1 cm³/mol. The lowest BCUT2D eigenvalue weighted by atomic mass is 10.0. The van der Waals surface area contributed by atoms with Crippen LogP contribution in [-0.4, -0.2) is 36.0 Å². The SMILES string of the molecule is CCC(C)CC(=O)N1C(C)CC2CNCC21. The van der Waals surface area contributed by atoms with Gasteiger partial charge in [0, 0.05) is 31.6 Å². The molecule has 0 spiro atoms. The Morgan fingerprint density at radius 2 is 2.25 bits per heavy atom. The third-order valence-corrected chi connectivity index (χ3v) is 4.29. The zero-order valence-corrected chi connectivity index (χ0v) is 10.7. The lowest BCUT2D eigenvalue weighted by molar-refractivity contribution is -0.134. The van der Waals surface area contributed by atoms with Gasteiger partial charge in [-0.3, -0.25) is 4.79 Å². The smallest absolute Gasteiger partial charge is 0.223 e. The molecular formula is C13H24N2O. The molecule has 2 fully saturated rings. The Morgan fingerprint density at radius 3 is 2.94 bits per heavy atom. The highest BCUT2D eigenvalue weighted by Gasteiger charge is 2.43. The minimum atomic E-state index is 0.373. The third-order valence-electron chi connectivity index (χ3n) is 4.29. The number of rotatable bonds is 3. The van der Waals surface area contributed by atoms with Crippen LogP contribution in [0.1, 0.15) is 40.0 Å². The molecule has 4 atom stereocenters. The van der Waals surface area contributed by atoms with Crippen LogP contribution in [0.3, 0.4) is 0 Å². The van der Waals surface area contributed by atoms with E-state index in [0.29, 0.717) is 29.8 Å². The monoisotopic (exact) mass is 224 g/mol. The molecule has 2 aliphatic rings. The maximum atomic E-state index is 12.3. The summed E-state index contributed by atoms with van der Waals surface area (Å²) in [7, 11) is 0. The van der Waals surface area contributed by atoms with E-state index in [9.17, 15) is 4.79 Å². The summed E-state index contributed by atoms with van der Waals surface area (Å²) in [5, 5.41) is 3.40. The minimum absolute atomic E-state index is 0.373. The molecule has 92 valence electrons. The molecular weight excluding hydrogens is 200 g/mol. The standard InChI is InChI=1S/C13H24N2O/c1-4-9(2)5-13(16)15-10(3)6-11-7-14-8-12(11)15/h9-12,14H,4-8H2,1-3H3. The molecule has 3 heteroatoms. The topological polar surface area (TPSA) is 32.3 Å². The van der Waals surface area contributed by atoms with Crippen LogP contribution in [0.2, 0.25) is 0 Å². The third kappa shape index (κ3) is 2.10. The van der Waals surface area contributed by atoms with Crippen molar-refractivity contribution in [3.63, 3.8) is 0 Å². The van der Waals surface area contributed by atoms with Crippen LogP contribution in [-0.2, 0) is 4.79 Å². The lowest BCUT2D eigenvalue weighted by Crippen LogP contribution is -2.43. The van der Waals surface area contributed by atoms with Gasteiger partial charge < -0.3 is 10.2 Å². The molecule has 0 aliphatic carbocycles. The van der Waals surface area contributed by atoms with Gasteiger partial charge in [0.2, 0.25) is 5.91 Å². The molecule has 4 unspecified atom stereocenters. The molecule has 2 saturated heterocycles. The zero-order valence-electron chi connectivity index (χ0n) is 10.7. The highest BCUT2D eigenvalue weighted by Crippen LogP contribution is 2.33. The van der Waals surface area contributed by atoms with Crippen molar-refractivity contribution < 1.29 is 4.79 Å². The van der Waals surface area contributed by atoms with Gasteiger partial charge in [-0.25, -0.2) is 0 Å². The molecule has 16 heavy (non-hydrogen) atoms. The zero-order chi connectivity index (χ0) is 11.7. The van der Waals surface area contributed by atoms with Gasteiger partial charge in [0.05, 0.1) is 0 Å². The summed E-state index contributed by atoms with van der Waals surface area (Å²) in [5.74, 6) is 1.60. The molecule has 2 heterocycles. The van der Waals surface area contributed by atoms with Crippen molar-refractivity contribution in [1.82, 2.24) is 10.2 Å². The first-order valence-electron chi connectivity index (χ1n) is 6.65. The highest BCUT2D eigenvalue weighted by atomic mass is 16.2. The van der Waals surface area contributed by atoms with E-state index in [1.807, 2.05) is 0 Å². The van der Waals surface area contributed by atoms with Crippen molar-refractivity contribution in [3.05, 3.63) is 0 Å². The minimum Gasteiger partial charge on any atom is -0.335 e. The van der Waals surface area contributed by atoms with E-state index >= 15 is 0 Å². The van der Waals surface area contributed by atoms with E-state index in [1.165, 1.54) is 6.42 Å². The van der Waals surface area contributed by atoms with Crippen LogP contribution >= 0.6 is 0 Å². The number of amides is 1. The molecule has 1 amide bonds. The first-order chi connectivity index (χ1) is 7.63. The van der Waals surface area contributed by atoms with Gasteiger partial charge in [-0.05, 0) is 25.2 Å². The molecule has 0 aromatic rings. The largest absolute Gasteiger partial charge is 0.335 e. The number of carbonyl (C=O) groups is 1. The number of nitrogens with one attached hydrogen (secondary N) is 1. The second-order valence-corrected chi connectivity index (χ2v) is 5.59. The highest BCUT2D eigenvalue weighted by molar-refractivity contribution is 5.77. The molecule has 2 rings (SSSR count). The van der Waals surface area contributed by atoms with E-state index in [2.05, 4.69) is 31.0 Å². The Kier molecular flexibility index (Phi) is 3.53. The van der Waals surface area contributed by atoms with Crippen molar-refractivity contribution in [2.75, 3.05) is 13.1 Å². The fourth-order valence-electron chi connectivity index (χ4n) is 3.14. The Morgan fingerprint density at radius 1 is 1.50 bits per heavy atom. The quantitative estimate of drug-likeness (QED) is 0.790. The van der Waals surface area contributed by atoms with Crippen LogP contribution in [0.25, 0.3) is 0 Å². The van der Waals surface area contributed by atoms with Gasteiger partial charge in [-0.2, -0.15) is 0 Å². The molecule has 1 N–H and O–H groups in total. The van der Waals surface area contributed by atoms with Gasteiger partial charge in [0.1, 0.15) is 0 Å². The van der Waals surface area contributed by atoms with E-state index in [-0.39, 0.29) is 0 Å². The fourth-order valence-corrected chi connectivity index (χ4v) is 3.14. The molecule has 0 radical (unpaired) electrons. The van der Waals surface area contributed by atoms with Crippen LogP contribution in [0, 0.1) is 11.8 Å². The summed E-state index contributed by atoms with van der Waals surface area (Å²) in [6.07, 6.45) is 3.01. The van der Waals surface area contributed by atoms with Gasteiger partial charge in [-0.15, -0.1) is 0 Å². The maximum Gasteiger partial charge on any atom is 0.223 e. The van der Waals surface area contributed by atoms with Crippen LogP contribution in [0.5, 0.6) is 0 Å². The number of likely N-dealkylation sites (tertiary alicyclic amines) is 1. The van der Waals surface area contributed by atoms with Crippen LogP contribution in [0.4, 0.5) is 0 Å². The average Bonchev–Trinajstić information content (AvgIpc) is 2.76. The molecule has 0 aromatic carbocycles. The second-order valence-electron chi connectivity index (χ2n) is 5.59. The summed E-state index contributed by atoms with van der Waals surface area (Å²) in [5.41, 5.74) is 0. The first kappa shape index (κ1) is 11.9. The number of hydrogen-bond donors (Lipinski definition) is 1. The van der Waals surface area contributed by atoms with E-state index in [4.69, 9.17) is 0 Å². The molecule has 0 bridgehead atoms. The number of hydrogen-bond acceptors (Lipinski definition) is 2. The van der Waals surface area contributed by atoms with Gasteiger partial charge in [0.15, 0.2) is 0 Å².